The highest BCUT2D eigenvalue weighted by atomic mass is 31.2. The van der Waals surface area contributed by atoms with E-state index in [-0.39, 0.29) is 25.9 Å². The van der Waals surface area contributed by atoms with Crippen molar-refractivity contribution in [2.24, 2.45) is 0 Å². The maximum Gasteiger partial charge on any atom is 0.333 e. The third-order valence-electron chi connectivity index (χ3n) is 2.95. The standard InChI is InChI=1S/C14H21N4O4P/c1-3-21-23(20,22-4-2)11-12(19)9-18-10-14(16-17-18)13-7-5-6-8-15-13/h5-8,10,12,19H,3-4,9,11H2,1-2H3. The molecule has 0 aliphatic carbocycles. The first kappa shape index (κ1) is 17.7. The van der Waals surface area contributed by atoms with E-state index in [9.17, 15) is 9.67 Å². The molecule has 1 unspecified atom stereocenters. The van der Waals surface area contributed by atoms with Gasteiger partial charge in [-0.1, -0.05) is 11.3 Å². The Hall–Kier alpha value is -1.60. The molecule has 0 saturated heterocycles. The molecular weight excluding hydrogens is 319 g/mol. The lowest BCUT2D eigenvalue weighted by atomic mass is 10.3. The van der Waals surface area contributed by atoms with Crippen LogP contribution in [0.1, 0.15) is 13.8 Å². The summed E-state index contributed by atoms with van der Waals surface area (Å²) in [6.07, 6.45) is 2.34. The molecule has 0 saturated carbocycles. The Labute approximate surface area is 135 Å². The molecule has 0 spiro atoms. The van der Waals surface area contributed by atoms with Crippen LogP contribution in [-0.2, 0) is 20.2 Å². The number of hydrogen-bond acceptors (Lipinski definition) is 7. The fourth-order valence-corrected chi connectivity index (χ4v) is 3.79. The summed E-state index contributed by atoms with van der Waals surface area (Å²) in [5.41, 5.74) is 1.30. The molecule has 1 atom stereocenters. The largest absolute Gasteiger partial charge is 0.391 e. The Kier molecular flexibility index (Phi) is 6.41. The highest BCUT2D eigenvalue weighted by Gasteiger charge is 2.28. The number of hydrogen-bond donors (Lipinski definition) is 1. The van der Waals surface area contributed by atoms with Crippen molar-refractivity contribution in [1.82, 2.24) is 20.0 Å². The summed E-state index contributed by atoms with van der Waals surface area (Å²) in [6.45, 7) is 4.13. The lowest BCUT2D eigenvalue weighted by Gasteiger charge is -2.19. The van der Waals surface area contributed by atoms with E-state index in [1.165, 1.54) is 4.68 Å². The summed E-state index contributed by atoms with van der Waals surface area (Å²) in [6, 6.07) is 5.50. The van der Waals surface area contributed by atoms with Crippen LogP contribution in [0.25, 0.3) is 11.4 Å². The molecule has 0 aromatic carbocycles. The van der Waals surface area contributed by atoms with Gasteiger partial charge in [-0.05, 0) is 26.0 Å². The Morgan fingerprint density at radius 1 is 1.26 bits per heavy atom. The predicted octanol–water partition coefficient (Wildman–Crippen LogP) is 1.97. The smallest absolute Gasteiger partial charge is 0.333 e. The summed E-state index contributed by atoms with van der Waals surface area (Å²) in [4.78, 5) is 4.19. The fourth-order valence-electron chi connectivity index (χ4n) is 2.09. The SMILES string of the molecule is CCOP(=O)(CC(O)Cn1cc(-c2ccccn2)nn1)OCC. The van der Waals surface area contributed by atoms with Crippen molar-refractivity contribution in [3.63, 3.8) is 0 Å². The van der Waals surface area contributed by atoms with E-state index in [0.717, 1.165) is 0 Å². The monoisotopic (exact) mass is 340 g/mol. The van der Waals surface area contributed by atoms with Gasteiger partial charge in [-0.25, -0.2) is 4.68 Å². The van der Waals surface area contributed by atoms with Crippen molar-refractivity contribution in [3.05, 3.63) is 30.6 Å². The molecule has 2 aromatic rings. The molecule has 0 radical (unpaired) electrons. The zero-order valence-electron chi connectivity index (χ0n) is 13.2. The maximum atomic E-state index is 12.4. The molecule has 2 heterocycles. The summed E-state index contributed by atoms with van der Waals surface area (Å²) in [5, 5.41) is 18.1. The van der Waals surface area contributed by atoms with Crippen LogP contribution in [0.2, 0.25) is 0 Å². The minimum atomic E-state index is -3.29. The van der Waals surface area contributed by atoms with Gasteiger partial charge in [-0.15, -0.1) is 5.10 Å². The Balaban J connectivity index is 1.99. The van der Waals surface area contributed by atoms with Crippen molar-refractivity contribution in [2.75, 3.05) is 19.4 Å². The van der Waals surface area contributed by atoms with E-state index in [1.807, 2.05) is 18.2 Å². The molecule has 1 N–H and O–H groups in total. The second-order valence-electron chi connectivity index (χ2n) is 4.82. The van der Waals surface area contributed by atoms with E-state index in [0.29, 0.717) is 11.4 Å². The van der Waals surface area contributed by atoms with Crippen molar-refractivity contribution in [3.8, 4) is 11.4 Å². The van der Waals surface area contributed by atoms with Crippen LogP contribution < -0.4 is 0 Å². The number of nitrogens with zero attached hydrogens (tertiary/aromatic N) is 4. The van der Waals surface area contributed by atoms with E-state index < -0.39 is 13.7 Å². The molecule has 0 bridgehead atoms. The molecule has 126 valence electrons. The van der Waals surface area contributed by atoms with Crippen LogP contribution >= 0.6 is 7.60 Å². The molecular formula is C14H21N4O4P. The maximum absolute atomic E-state index is 12.4. The normalized spacial score (nSPS) is 13.2. The van der Waals surface area contributed by atoms with Gasteiger partial charge >= 0.3 is 7.60 Å². The third-order valence-corrected chi connectivity index (χ3v) is 5.12. The van der Waals surface area contributed by atoms with Gasteiger partial charge in [-0.3, -0.25) is 9.55 Å². The van der Waals surface area contributed by atoms with Crippen molar-refractivity contribution >= 4 is 7.60 Å². The average molecular weight is 340 g/mol. The molecule has 23 heavy (non-hydrogen) atoms. The van der Waals surface area contributed by atoms with Crippen LogP contribution in [0.15, 0.2) is 30.6 Å². The van der Waals surface area contributed by atoms with Gasteiger partial charge in [0.25, 0.3) is 0 Å². The van der Waals surface area contributed by atoms with E-state index in [1.54, 1.807) is 26.2 Å². The topological polar surface area (TPSA) is 99.4 Å². The Morgan fingerprint density at radius 3 is 2.61 bits per heavy atom. The lowest BCUT2D eigenvalue weighted by molar-refractivity contribution is 0.150. The zero-order valence-corrected chi connectivity index (χ0v) is 14.1. The van der Waals surface area contributed by atoms with Gasteiger partial charge in [0.2, 0.25) is 0 Å². The second kappa shape index (κ2) is 8.31. The van der Waals surface area contributed by atoms with Gasteiger partial charge in [-0.2, -0.15) is 0 Å². The number of aromatic nitrogens is 4. The molecule has 8 nitrogen and oxygen atoms in total. The van der Waals surface area contributed by atoms with Gasteiger partial charge in [0.05, 0.1) is 43.9 Å². The lowest BCUT2D eigenvalue weighted by Crippen LogP contribution is -2.22. The van der Waals surface area contributed by atoms with Crippen molar-refractivity contribution < 1.29 is 18.7 Å². The van der Waals surface area contributed by atoms with Crippen LogP contribution in [0.3, 0.4) is 0 Å². The molecule has 0 aliphatic heterocycles. The highest BCUT2D eigenvalue weighted by Crippen LogP contribution is 2.48. The quantitative estimate of drug-likeness (QED) is 0.697. The van der Waals surface area contributed by atoms with Crippen LogP contribution in [0, 0.1) is 0 Å². The zero-order chi connectivity index (χ0) is 16.7. The van der Waals surface area contributed by atoms with E-state index >= 15 is 0 Å². The first-order valence-electron chi connectivity index (χ1n) is 7.44. The number of rotatable bonds is 9. The molecule has 2 rings (SSSR count). The summed E-state index contributed by atoms with van der Waals surface area (Å²) < 4.78 is 24.2. The minimum absolute atomic E-state index is 0.0898. The van der Waals surface area contributed by atoms with E-state index in [2.05, 4.69) is 15.3 Å². The predicted molar refractivity (Wildman–Crippen MR) is 85.0 cm³/mol. The Morgan fingerprint density at radius 2 is 2.00 bits per heavy atom. The van der Waals surface area contributed by atoms with Gasteiger partial charge < -0.3 is 14.2 Å². The van der Waals surface area contributed by atoms with Crippen molar-refractivity contribution in [1.29, 1.82) is 0 Å². The minimum Gasteiger partial charge on any atom is -0.391 e. The number of aliphatic hydroxyl groups is 1. The number of aliphatic hydroxyl groups excluding tert-OH is 1. The molecule has 9 heteroatoms. The molecule has 0 aliphatic rings. The van der Waals surface area contributed by atoms with Gasteiger partial charge in [0.1, 0.15) is 5.69 Å². The van der Waals surface area contributed by atoms with Gasteiger partial charge in [0, 0.05) is 6.20 Å². The average Bonchev–Trinajstić information content (AvgIpc) is 2.96. The summed E-state index contributed by atoms with van der Waals surface area (Å²) in [5.74, 6) is 0. The first-order valence-corrected chi connectivity index (χ1v) is 9.17. The molecule has 0 fully saturated rings. The summed E-state index contributed by atoms with van der Waals surface area (Å²) >= 11 is 0. The third kappa shape index (κ3) is 5.21. The first-order chi connectivity index (χ1) is 11.1. The summed E-state index contributed by atoms with van der Waals surface area (Å²) in [7, 11) is -3.29. The fraction of sp³-hybridized carbons (Fsp3) is 0.500. The highest BCUT2D eigenvalue weighted by molar-refractivity contribution is 7.53. The second-order valence-corrected chi connectivity index (χ2v) is 6.93. The van der Waals surface area contributed by atoms with Crippen LogP contribution in [0.5, 0.6) is 0 Å². The van der Waals surface area contributed by atoms with Crippen molar-refractivity contribution in [2.45, 2.75) is 26.5 Å². The molecule has 0 amide bonds. The number of pyridine rings is 1. The Bertz CT molecular complexity index is 639. The van der Waals surface area contributed by atoms with E-state index in [4.69, 9.17) is 9.05 Å². The van der Waals surface area contributed by atoms with Crippen LogP contribution in [0.4, 0.5) is 0 Å². The van der Waals surface area contributed by atoms with Gasteiger partial charge in [0.15, 0.2) is 0 Å². The van der Waals surface area contributed by atoms with Crippen LogP contribution in [-0.4, -0.2) is 50.6 Å². The molecule has 2 aromatic heterocycles.